The summed E-state index contributed by atoms with van der Waals surface area (Å²) in [5.74, 6) is 0.441. The SMILES string of the molecule is CCCc1ccc(Nc2nc(N)nc(Cl)n2)cc1. The van der Waals surface area contributed by atoms with Crippen molar-refractivity contribution in [2.75, 3.05) is 11.1 Å². The largest absolute Gasteiger partial charge is 0.368 e. The fourth-order valence-corrected chi connectivity index (χ4v) is 1.76. The lowest BCUT2D eigenvalue weighted by atomic mass is 10.1. The number of aromatic nitrogens is 3. The zero-order valence-corrected chi connectivity index (χ0v) is 10.8. The number of nitrogens with zero attached hydrogens (tertiary/aromatic N) is 3. The molecule has 5 nitrogen and oxygen atoms in total. The number of rotatable bonds is 4. The van der Waals surface area contributed by atoms with Gasteiger partial charge in [0, 0.05) is 5.69 Å². The third-order valence-corrected chi connectivity index (χ3v) is 2.54. The van der Waals surface area contributed by atoms with Crippen LogP contribution in [0.1, 0.15) is 18.9 Å². The van der Waals surface area contributed by atoms with Gasteiger partial charge >= 0.3 is 0 Å². The first-order chi connectivity index (χ1) is 8.67. The maximum atomic E-state index is 5.70. The van der Waals surface area contributed by atoms with Crippen LogP contribution in [0.25, 0.3) is 0 Å². The second-order valence-corrected chi connectivity index (χ2v) is 4.20. The summed E-state index contributed by atoms with van der Waals surface area (Å²) in [7, 11) is 0. The lowest BCUT2D eigenvalue weighted by molar-refractivity contribution is 0.922. The van der Waals surface area contributed by atoms with Crippen LogP contribution >= 0.6 is 11.6 Å². The van der Waals surface area contributed by atoms with E-state index in [0.29, 0.717) is 5.95 Å². The summed E-state index contributed by atoms with van der Waals surface area (Å²) >= 11 is 5.70. The Kier molecular flexibility index (Phi) is 3.94. The van der Waals surface area contributed by atoms with Crippen molar-refractivity contribution in [3.63, 3.8) is 0 Å². The van der Waals surface area contributed by atoms with Crippen molar-refractivity contribution in [3.05, 3.63) is 35.1 Å². The van der Waals surface area contributed by atoms with E-state index in [4.69, 9.17) is 17.3 Å². The molecule has 0 spiro atoms. The third kappa shape index (κ3) is 3.30. The summed E-state index contributed by atoms with van der Waals surface area (Å²) in [6.07, 6.45) is 2.21. The van der Waals surface area contributed by atoms with Crippen molar-refractivity contribution >= 4 is 29.2 Å². The number of nitrogens with two attached hydrogens (primary N) is 1. The van der Waals surface area contributed by atoms with Crippen molar-refractivity contribution in [3.8, 4) is 0 Å². The first kappa shape index (κ1) is 12.6. The van der Waals surface area contributed by atoms with Crippen LogP contribution in [-0.4, -0.2) is 15.0 Å². The van der Waals surface area contributed by atoms with Gasteiger partial charge in [0.05, 0.1) is 0 Å². The number of hydrogen-bond acceptors (Lipinski definition) is 5. The molecule has 0 radical (unpaired) electrons. The Morgan fingerprint density at radius 3 is 2.50 bits per heavy atom. The molecule has 0 aliphatic heterocycles. The first-order valence-electron chi connectivity index (χ1n) is 5.70. The van der Waals surface area contributed by atoms with Gasteiger partial charge in [0.25, 0.3) is 0 Å². The summed E-state index contributed by atoms with van der Waals surface area (Å²) in [5, 5.41) is 3.10. The summed E-state index contributed by atoms with van der Waals surface area (Å²) in [6.45, 7) is 2.15. The quantitative estimate of drug-likeness (QED) is 0.887. The maximum Gasteiger partial charge on any atom is 0.233 e. The highest BCUT2D eigenvalue weighted by Gasteiger charge is 2.02. The molecule has 94 valence electrons. The third-order valence-electron chi connectivity index (χ3n) is 2.37. The molecule has 0 atom stereocenters. The normalized spacial score (nSPS) is 10.3. The number of aryl methyl sites for hydroxylation is 1. The summed E-state index contributed by atoms with van der Waals surface area (Å²) in [4.78, 5) is 11.6. The van der Waals surface area contributed by atoms with E-state index in [9.17, 15) is 0 Å². The minimum Gasteiger partial charge on any atom is -0.368 e. The fourth-order valence-electron chi connectivity index (χ4n) is 1.59. The van der Waals surface area contributed by atoms with Crippen LogP contribution in [0.4, 0.5) is 17.6 Å². The molecule has 6 heteroatoms. The first-order valence-corrected chi connectivity index (χ1v) is 6.08. The van der Waals surface area contributed by atoms with E-state index in [2.05, 4.69) is 39.3 Å². The van der Waals surface area contributed by atoms with Crippen LogP contribution in [0.5, 0.6) is 0 Å². The number of nitrogen functional groups attached to an aromatic ring is 1. The molecule has 0 bridgehead atoms. The molecule has 0 saturated carbocycles. The van der Waals surface area contributed by atoms with E-state index in [-0.39, 0.29) is 11.2 Å². The summed E-state index contributed by atoms with van der Waals surface area (Å²) in [6, 6.07) is 8.08. The Hall–Kier alpha value is -1.88. The number of anilines is 3. The Labute approximate surface area is 110 Å². The second-order valence-electron chi connectivity index (χ2n) is 3.86. The lowest BCUT2D eigenvalue weighted by Gasteiger charge is -2.06. The van der Waals surface area contributed by atoms with Gasteiger partial charge in [-0.25, -0.2) is 0 Å². The minimum absolute atomic E-state index is 0.0765. The molecule has 18 heavy (non-hydrogen) atoms. The molecule has 0 fully saturated rings. The second kappa shape index (κ2) is 5.64. The zero-order valence-electron chi connectivity index (χ0n) is 10.0. The Balaban J connectivity index is 2.13. The van der Waals surface area contributed by atoms with Crippen LogP contribution in [0, 0.1) is 0 Å². The molecule has 0 amide bonds. The maximum absolute atomic E-state index is 5.70. The minimum atomic E-state index is 0.0765. The van der Waals surface area contributed by atoms with Crippen LogP contribution in [0.3, 0.4) is 0 Å². The molecule has 0 aliphatic rings. The monoisotopic (exact) mass is 263 g/mol. The van der Waals surface area contributed by atoms with Gasteiger partial charge in [-0.05, 0) is 35.7 Å². The highest BCUT2D eigenvalue weighted by Crippen LogP contribution is 2.16. The molecular formula is C12H14ClN5. The molecule has 1 aromatic carbocycles. The Bertz CT molecular complexity index is 506. The molecule has 0 saturated heterocycles. The van der Waals surface area contributed by atoms with E-state index in [1.54, 1.807) is 0 Å². The number of halogens is 1. The lowest BCUT2D eigenvalue weighted by Crippen LogP contribution is -2.03. The van der Waals surface area contributed by atoms with Crippen LogP contribution in [0.2, 0.25) is 5.28 Å². The highest BCUT2D eigenvalue weighted by molar-refractivity contribution is 6.28. The molecule has 0 unspecified atom stereocenters. The standard InChI is InChI=1S/C12H14ClN5/c1-2-3-8-4-6-9(7-5-8)15-12-17-10(13)16-11(14)18-12/h4-7H,2-3H2,1H3,(H3,14,15,16,17,18). The van der Waals surface area contributed by atoms with Gasteiger partial charge < -0.3 is 11.1 Å². The number of benzene rings is 1. The predicted octanol–water partition coefficient (Wildman–Crippen LogP) is 2.80. The van der Waals surface area contributed by atoms with Crippen molar-refractivity contribution in [2.45, 2.75) is 19.8 Å². The smallest absolute Gasteiger partial charge is 0.233 e. The molecule has 2 aromatic rings. The van der Waals surface area contributed by atoms with E-state index in [1.807, 2.05) is 12.1 Å². The molecule has 1 heterocycles. The summed E-state index contributed by atoms with van der Waals surface area (Å²) < 4.78 is 0. The Morgan fingerprint density at radius 2 is 1.89 bits per heavy atom. The number of hydrogen-bond donors (Lipinski definition) is 2. The fraction of sp³-hybridized carbons (Fsp3) is 0.250. The molecule has 0 aliphatic carbocycles. The number of nitrogens with one attached hydrogen (secondary N) is 1. The average Bonchev–Trinajstić information content (AvgIpc) is 2.31. The Morgan fingerprint density at radius 1 is 1.17 bits per heavy atom. The van der Waals surface area contributed by atoms with Crippen LogP contribution < -0.4 is 11.1 Å². The average molecular weight is 264 g/mol. The van der Waals surface area contributed by atoms with E-state index in [1.165, 1.54) is 5.56 Å². The topological polar surface area (TPSA) is 76.7 Å². The van der Waals surface area contributed by atoms with Gasteiger partial charge in [0.2, 0.25) is 17.2 Å². The summed E-state index contributed by atoms with van der Waals surface area (Å²) in [5.41, 5.74) is 7.68. The van der Waals surface area contributed by atoms with Gasteiger partial charge in [-0.15, -0.1) is 0 Å². The van der Waals surface area contributed by atoms with Gasteiger partial charge in [-0.1, -0.05) is 25.5 Å². The van der Waals surface area contributed by atoms with Gasteiger partial charge in [0.15, 0.2) is 0 Å². The molecule has 1 aromatic heterocycles. The van der Waals surface area contributed by atoms with Crippen molar-refractivity contribution < 1.29 is 0 Å². The predicted molar refractivity (Wildman–Crippen MR) is 73.0 cm³/mol. The van der Waals surface area contributed by atoms with Crippen LogP contribution in [-0.2, 0) is 6.42 Å². The van der Waals surface area contributed by atoms with Gasteiger partial charge in [0.1, 0.15) is 0 Å². The van der Waals surface area contributed by atoms with Gasteiger partial charge in [-0.2, -0.15) is 15.0 Å². The van der Waals surface area contributed by atoms with E-state index in [0.717, 1.165) is 18.5 Å². The molecule has 2 rings (SSSR count). The zero-order chi connectivity index (χ0) is 13.0. The van der Waals surface area contributed by atoms with Crippen molar-refractivity contribution in [2.24, 2.45) is 0 Å². The van der Waals surface area contributed by atoms with E-state index < -0.39 is 0 Å². The molecule has 3 N–H and O–H groups in total. The highest BCUT2D eigenvalue weighted by atomic mass is 35.5. The van der Waals surface area contributed by atoms with Crippen molar-refractivity contribution in [1.29, 1.82) is 0 Å². The van der Waals surface area contributed by atoms with Crippen molar-refractivity contribution in [1.82, 2.24) is 15.0 Å². The van der Waals surface area contributed by atoms with E-state index >= 15 is 0 Å². The molecular weight excluding hydrogens is 250 g/mol. The van der Waals surface area contributed by atoms with Crippen LogP contribution in [0.15, 0.2) is 24.3 Å². The van der Waals surface area contributed by atoms with Gasteiger partial charge in [-0.3, -0.25) is 0 Å².